The molecule has 4 aromatic rings. The lowest BCUT2D eigenvalue weighted by molar-refractivity contribution is 1.39. The van der Waals surface area contributed by atoms with Crippen LogP contribution in [0.1, 0.15) is 11.1 Å². The van der Waals surface area contributed by atoms with E-state index in [9.17, 15) is 0 Å². The summed E-state index contributed by atoms with van der Waals surface area (Å²) in [6.07, 6.45) is 0. The molecule has 0 atom stereocenters. The number of hydrogen-bond acceptors (Lipinski definition) is 1. The third-order valence-electron chi connectivity index (χ3n) is 5.04. The van der Waals surface area contributed by atoms with E-state index in [1.807, 2.05) is 6.07 Å². The van der Waals surface area contributed by atoms with Gasteiger partial charge in [-0.15, -0.1) is 0 Å². The Kier molecular flexibility index (Phi) is 4.76. The second-order valence-corrected chi connectivity index (χ2v) is 6.86. The van der Waals surface area contributed by atoms with E-state index in [0.717, 1.165) is 11.4 Å². The Hall–Kier alpha value is -3.32. The molecule has 0 heterocycles. The van der Waals surface area contributed by atoms with Crippen LogP contribution < -0.4 is 5.32 Å². The van der Waals surface area contributed by atoms with Crippen molar-refractivity contribution < 1.29 is 0 Å². The maximum absolute atomic E-state index is 3.58. The summed E-state index contributed by atoms with van der Waals surface area (Å²) in [5.74, 6) is 0. The number of rotatable bonds is 4. The van der Waals surface area contributed by atoms with Gasteiger partial charge in [-0.1, -0.05) is 78.9 Å². The smallest absolute Gasteiger partial charge is 0.0420 e. The normalized spacial score (nSPS) is 10.6. The fourth-order valence-corrected chi connectivity index (χ4v) is 3.47. The highest BCUT2D eigenvalue weighted by atomic mass is 14.9. The Balaban J connectivity index is 1.62. The SMILES string of the molecule is Cc1ccccc1-c1cccc(Nc2ccc(-c3ccccc3)cc2)c1C. The van der Waals surface area contributed by atoms with Gasteiger partial charge in [0.25, 0.3) is 0 Å². The van der Waals surface area contributed by atoms with Crippen molar-refractivity contribution in [1.82, 2.24) is 0 Å². The number of hydrogen-bond donors (Lipinski definition) is 1. The van der Waals surface area contributed by atoms with Gasteiger partial charge in [-0.05, 0) is 65.4 Å². The highest BCUT2D eigenvalue weighted by Gasteiger charge is 2.08. The zero-order valence-electron chi connectivity index (χ0n) is 15.7. The molecule has 0 aliphatic carbocycles. The molecule has 0 aromatic heterocycles. The van der Waals surface area contributed by atoms with Crippen molar-refractivity contribution in [2.45, 2.75) is 13.8 Å². The van der Waals surface area contributed by atoms with Crippen molar-refractivity contribution in [2.24, 2.45) is 0 Å². The fraction of sp³-hybridized carbons (Fsp3) is 0.0769. The van der Waals surface area contributed by atoms with Crippen LogP contribution in [0.3, 0.4) is 0 Å². The predicted molar refractivity (Wildman–Crippen MR) is 117 cm³/mol. The zero-order chi connectivity index (χ0) is 18.6. The van der Waals surface area contributed by atoms with Crippen LogP contribution in [-0.2, 0) is 0 Å². The first-order valence-corrected chi connectivity index (χ1v) is 9.30. The first-order valence-electron chi connectivity index (χ1n) is 9.30. The molecule has 1 N–H and O–H groups in total. The van der Waals surface area contributed by atoms with E-state index >= 15 is 0 Å². The maximum atomic E-state index is 3.58. The molecule has 0 aliphatic rings. The van der Waals surface area contributed by atoms with Crippen molar-refractivity contribution in [3.63, 3.8) is 0 Å². The fourth-order valence-electron chi connectivity index (χ4n) is 3.47. The van der Waals surface area contributed by atoms with Crippen molar-refractivity contribution in [2.75, 3.05) is 5.32 Å². The van der Waals surface area contributed by atoms with E-state index in [2.05, 4.69) is 110 Å². The minimum absolute atomic E-state index is 1.10. The van der Waals surface area contributed by atoms with Crippen LogP contribution in [0.5, 0.6) is 0 Å². The molecule has 1 nitrogen and oxygen atoms in total. The van der Waals surface area contributed by atoms with Gasteiger partial charge in [0.2, 0.25) is 0 Å². The largest absolute Gasteiger partial charge is 0.355 e. The highest BCUT2D eigenvalue weighted by Crippen LogP contribution is 2.32. The van der Waals surface area contributed by atoms with Gasteiger partial charge >= 0.3 is 0 Å². The van der Waals surface area contributed by atoms with Crippen molar-refractivity contribution in [3.8, 4) is 22.3 Å². The first-order chi connectivity index (χ1) is 13.2. The lowest BCUT2D eigenvalue weighted by Crippen LogP contribution is -1.95. The summed E-state index contributed by atoms with van der Waals surface area (Å²) in [4.78, 5) is 0. The third-order valence-corrected chi connectivity index (χ3v) is 5.04. The molecular formula is C26H23N. The maximum Gasteiger partial charge on any atom is 0.0420 e. The highest BCUT2D eigenvalue weighted by molar-refractivity contribution is 5.78. The molecule has 27 heavy (non-hydrogen) atoms. The number of nitrogens with one attached hydrogen (secondary N) is 1. The summed E-state index contributed by atoms with van der Waals surface area (Å²) < 4.78 is 0. The van der Waals surface area contributed by atoms with Gasteiger partial charge < -0.3 is 5.32 Å². The monoisotopic (exact) mass is 349 g/mol. The molecule has 0 spiro atoms. The molecule has 1 heteroatoms. The van der Waals surface area contributed by atoms with Crippen LogP contribution >= 0.6 is 0 Å². The van der Waals surface area contributed by atoms with Crippen molar-refractivity contribution in [1.29, 1.82) is 0 Å². The summed E-state index contributed by atoms with van der Waals surface area (Å²) in [5, 5.41) is 3.58. The quantitative estimate of drug-likeness (QED) is 0.405. The molecule has 0 radical (unpaired) electrons. The van der Waals surface area contributed by atoms with Crippen LogP contribution in [0, 0.1) is 13.8 Å². The standard InChI is InChI=1S/C26H23N/c1-19-9-6-7-12-24(19)25-13-8-14-26(20(25)2)27-23-17-15-22(16-18-23)21-10-4-3-5-11-21/h3-18,27H,1-2H3. The Morgan fingerprint density at radius 3 is 1.89 bits per heavy atom. The number of anilines is 2. The summed E-state index contributed by atoms with van der Waals surface area (Å²) in [7, 11) is 0. The molecular weight excluding hydrogens is 326 g/mol. The van der Waals surface area contributed by atoms with Crippen LogP contribution in [0.2, 0.25) is 0 Å². The number of benzene rings is 4. The lowest BCUT2D eigenvalue weighted by Gasteiger charge is -2.15. The van der Waals surface area contributed by atoms with Crippen LogP contribution in [0.25, 0.3) is 22.3 Å². The Labute approximate surface area is 161 Å². The molecule has 4 aromatic carbocycles. The minimum atomic E-state index is 1.10. The summed E-state index contributed by atoms with van der Waals surface area (Å²) in [5.41, 5.74) is 9.83. The van der Waals surface area contributed by atoms with Crippen LogP contribution in [0.15, 0.2) is 97.1 Å². The second kappa shape index (κ2) is 7.51. The van der Waals surface area contributed by atoms with Gasteiger partial charge in [0.1, 0.15) is 0 Å². The molecule has 132 valence electrons. The average molecular weight is 349 g/mol. The van der Waals surface area contributed by atoms with E-state index in [1.165, 1.54) is 33.4 Å². The zero-order valence-corrected chi connectivity index (χ0v) is 15.7. The van der Waals surface area contributed by atoms with E-state index < -0.39 is 0 Å². The predicted octanol–water partition coefficient (Wildman–Crippen LogP) is 7.38. The second-order valence-electron chi connectivity index (χ2n) is 6.86. The summed E-state index contributed by atoms with van der Waals surface area (Å²) in [6, 6.07) is 34.1. The number of aryl methyl sites for hydroxylation is 1. The molecule has 0 bridgehead atoms. The van der Waals surface area contributed by atoms with E-state index in [0.29, 0.717) is 0 Å². The summed E-state index contributed by atoms with van der Waals surface area (Å²) in [6.45, 7) is 4.35. The van der Waals surface area contributed by atoms with E-state index in [4.69, 9.17) is 0 Å². The van der Waals surface area contributed by atoms with Gasteiger partial charge in [-0.2, -0.15) is 0 Å². The topological polar surface area (TPSA) is 12.0 Å². The van der Waals surface area contributed by atoms with Gasteiger partial charge in [0.05, 0.1) is 0 Å². The summed E-state index contributed by atoms with van der Waals surface area (Å²) >= 11 is 0. The van der Waals surface area contributed by atoms with Gasteiger partial charge in [-0.25, -0.2) is 0 Å². The molecule has 0 fully saturated rings. The van der Waals surface area contributed by atoms with Gasteiger partial charge in [0.15, 0.2) is 0 Å². The van der Waals surface area contributed by atoms with Gasteiger partial charge in [-0.3, -0.25) is 0 Å². The lowest BCUT2D eigenvalue weighted by atomic mass is 9.95. The van der Waals surface area contributed by atoms with Gasteiger partial charge in [0, 0.05) is 11.4 Å². The molecule has 4 rings (SSSR count). The van der Waals surface area contributed by atoms with Crippen LogP contribution in [-0.4, -0.2) is 0 Å². The van der Waals surface area contributed by atoms with Crippen LogP contribution in [0.4, 0.5) is 11.4 Å². The molecule has 0 amide bonds. The Morgan fingerprint density at radius 2 is 1.15 bits per heavy atom. The molecule has 0 saturated heterocycles. The third kappa shape index (κ3) is 3.63. The molecule has 0 aliphatic heterocycles. The average Bonchev–Trinajstić information content (AvgIpc) is 2.71. The Bertz CT molecular complexity index is 1050. The Morgan fingerprint density at radius 1 is 0.519 bits per heavy atom. The molecule has 0 saturated carbocycles. The van der Waals surface area contributed by atoms with Crippen molar-refractivity contribution in [3.05, 3.63) is 108 Å². The first kappa shape index (κ1) is 17.1. The minimum Gasteiger partial charge on any atom is -0.355 e. The molecule has 0 unspecified atom stereocenters. The van der Waals surface area contributed by atoms with E-state index in [1.54, 1.807) is 0 Å². The van der Waals surface area contributed by atoms with E-state index in [-0.39, 0.29) is 0 Å². The van der Waals surface area contributed by atoms with Crippen molar-refractivity contribution >= 4 is 11.4 Å².